The molecule has 2 atom stereocenters. The van der Waals surface area contributed by atoms with Crippen LogP contribution in [0.15, 0.2) is 6.07 Å². The molecule has 102 valence electrons. The maximum absolute atomic E-state index is 10.6. The van der Waals surface area contributed by atoms with Gasteiger partial charge < -0.3 is 10.4 Å². The number of nitrogens with zero attached hydrogens (tertiary/aromatic N) is 2. The van der Waals surface area contributed by atoms with Crippen LogP contribution in [0.5, 0.6) is 0 Å². The molecule has 0 spiro atoms. The van der Waals surface area contributed by atoms with Crippen LogP contribution in [0, 0.1) is 6.92 Å². The van der Waals surface area contributed by atoms with Crippen molar-refractivity contribution in [1.82, 2.24) is 15.1 Å². The predicted octanol–water partition coefficient (Wildman–Crippen LogP) is 1.55. The topological polar surface area (TPSA) is 50.1 Å². The second kappa shape index (κ2) is 5.41. The van der Waals surface area contributed by atoms with Gasteiger partial charge in [0.2, 0.25) is 0 Å². The van der Waals surface area contributed by atoms with E-state index >= 15 is 0 Å². The summed E-state index contributed by atoms with van der Waals surface area (Å²) < 4.78 is 1.87. The summed E-state index contributed by atoms with van der Waals surface area (Å²) in [5, 5.41) is 18.4. The minimum Gasteiger partial charge on any atom is -0.390 e. The van der Waals surface area contributed by atoms with Crippen LogP contribution in [0.4, 0.5) is 0 Å². The second-order valence-electron chi connectivity index (χ2n) is 5.93. The Bertz CT molecular complexity index is 392. The normalized spacial score (nSPS) is 23.9. The van der Waals surface area contributed by atoms with Crippen molar-refractivity contribution in [2.75, 3.05) is 6.54 Å². The van der Waals surface area contributed by atoms with E-state index < -0.39 is 5.60 Å². The molecule has 0 bridgehead atoms. The third-order valence-electron chi connectivity index (χ3n) is 3.76. The van der Waals surface area contributed by atoms with Gasteiger partial charge in [0, 0.05) is 25.2 Å². The van der Waals surface area contributed by atoms with E-state index in [1.807, 2.05) is 25.6 Å². The van der Waals surface area contributed by atoms with Gasteiger partial charge in [-0.05, 0) is 45.7 Å². The predicted molar refractivity (Wildman–Crippen MR) is 72.5 cm³/mol. The molecule has 0 amide bonds. The summed E-state index contributed by atoms with van der Waals surface area (Å²) in [6, 6.07) is 2.52. The standard InChI is InChI=1S/C14H25N3O/c1-11-8-13(17(3)16-11)10-14(2,18)9-12-6-4-5-7-15-12/h8,12,15,18H,4-7,9-10H2,1-3H3. The molecule has 0 aliphatic carbocycles. The Hall–Kier alpha value is -0.870. The lowest BCUT2D eigenvalue weighted by molar-refractivity contribution is 0.0354. The van der Waals surface area contributed by atoms with Gasteiger partial charge in [0.05, 0.1) is 11.3 Å². The molecule has 1 aliphatic heterocycles. The quantitative estimate of drug-likeness (QED) is 0.853. The fraction of sp³-hybridized carbons (Fsp3) is 0.786. The van der Waals surface area contributed by atoms with Gasteiger partial charge in [-0.25, -0.2) is 0 Å². The summed E-state index contributed by atoms with van der Waals surface area (Å²) in [6.07, 6.45) is 5.21. The SMILES string of the molecule is Cc1cc(CC(C)(O)CC2CCCCN2)n(C)n1. The molecule has 2 rings (SSSR count). The van der Waals surface area contributed by atoms with Crippen molar-refractivity contribution in [2.24, 2.45) is 7.05 Å². The van der Waals surface area contributed by atoms with Gasteiger partial charge >= 0.3 is 0 Å². The van der Waals surface area contributed by atoms with Crippen LogP contribution in [-0.2, 0) is 13.5 Å². The Kier molecular flexibility index (Phi) is 4.07. The number of aryl methyl sites for hydroxylation is 2. The van der Waals surface area contributed by atoms with E-state index in [4.69, 9.17) is 0 Å². The molecule has 4 heteroatoms. The van der Waals surface area contributed by atoms with E-state index in [1.54, 1.807) is 0 Å². The van der Waals surface area contributed by atoms with Crippen LogP contribution in [0.2, 0.25) is 0 Å². The molecule has 0 aromatic carbocycles. The Balaban J connectivity index is 1.95. The highest BCUT2D eigenvalue weighted by Crippen LogP contribution is 2.22. The molecule has 18 heavy (non-hydrogen) atoms. The summed E-state index contributed by atoms with van der Waals surface area (Å²) in [4.78, 5) is 0. The molecule has 1 aromatic heterocycles. The summed E-state index contributed by atoms with van der Waals surface area (Å²) in [5.41, 5.74) is 1.46. The van der Waals surface area contributed by atoms with E-state index in [-0.39, 0.29) is 0 Å². The van der Waals surface area contributed by atoms with Gasteiger partial charge in [-0.3, -0.25) is 4.68 Å². The van der Waals surface area contributed by atoms with Crippen molar-refractivity contribution in [1.29, 1.82) is 0 Å². The van der Waals surface area contributed by atoms with Crippen LogP contribution in [0.25, 0.3) is 0 Å². The van der Waals surface area contributed by atoms with E-state index in [0.717, 1.165) is 24.4 Å². The molecular weight excluding hydrogens is 226 g/mol. The highest BCUT2D eigenvalue weighted by atomic mass is 16.3. The Morgan fingerprint density at radius 3 is 2.89 bits per heavy atom. The maximum Gasteiger partial charge on any atom is 0.0689 e. The van der Waals surface area contributed by atoms with Crippen LogP contribution in [0.1, 0.15) is 44.0 Å². The van der Waals surface area contributed by atoms with Gasteiger partial charge in [0.1, 0.15) is 0 Å². The molecule has 1 aromatic rings. The Labute approximate surface area is 109 Å². The van der Waals surface area contributed by atoms with Gasteiger partial charge in [-0.2, -0.15) is 5.10 Å². The third kappa shape index (κ3) is 3.56. The van der Waals surface area contributed by atoms with Gasteiger partial charge in [-0.15, -0.1) is 0 Å². The zero-order valence-electron chi connectivity index (χ0n) is 11.7. The molecule has 1 fully saturated rings. The number of aromatic nitrogens is 2. The lowest BCUT2D eigenvalue weighted by Crippen LogP contribution is -2.42. The minimum atomic E-state index is -0.658. The maximum atomic E-state index is 10.6. The first-order valence-electron chi connectivity index (χ1n) is 6.91. The fourth-order valence-corrected chi connectivity index (χ4v) is 2.92. The molecule has 2 unspecified atom stereocenters. The van der Waals surface area contributed by atoms with Gasteiger partial charge in [0.15, 0.2) is 0 Å². The van der Waals surface area contributed by atoms with E-state index in [2.05, 4.69) is 16.5 Å². The summed E-state index contributed by atoms with van der Waals surface area (Å²) >= 11 is 0. The van der Waals surface area contributed by atoms with Crippen molar-refractivity contribution in [2.45, 2.75) is 57.6 Å². The van der Waals surface area contributed by atoms with Gasteiger partial charge in [-0.1, -0.05) is 6.42 Å². The zero-order chi connectivity index (χ0) is 13.2. The molecular formula is C14H25N3O. The van der Waals surface area contributed by atoms with Crippen molar-refractivity contribution < 1.29 is 5.11 Å². The van der Waals surface area contributed by atoms with E-state index in [1.165, 1.54) is 19.3 Å². The van der Waals surface area contributed by atoms with Crippen molar-refractivity contribution >= 4 is 0 Å². The first-order valence-corrected chi connectivity index (χ1v) is 6.91. The second-order valence-corrected chi connectivity index (χ2v) is 5.93. The summed E-state index contributed by atoms with van der Waals surface area (Å²) in [7, 11) is 1.94. The Morgan fingerprint density at radius 2 is 2.33 bits per heavy atom. The molecule has 1 aliphatic rings. The average Bonchev–Trinajstić information content (AvgIpc) is 2.57. The largest absolute Gasteiger partial charge is 0.390 e. The molecule has 2 N–H and O–H groups in total. The van der Waals surface area contributed by atoms with Crippen molar-refractivity contribution in [3.8, 4) is 0 Å². The molecule has 0 saturated carbocycles. The Morgan fingerprint density at radius 1 is 1.56 bits per heavy atom. The molecule has 4 nitrogen and oxygen atoms in total. The first-order chi connectivity index (χ1) is 8.46. The lowest BCUT2D eigenvalue weighted by Gasteiger charge is -2.31. The number of aliphatic hydroxyl groups is 1. The number of hydrogen-bond acceptors (Lipinski definition) is 3. The summed E-state index contributed by atoms with van der Waals surface area (Å²) in [6.45, 7) is 5.01. The lowest BCUT2D eigenvalue weighted by atomic mass is 9.88. The van der Waals surface area contributed by atoms with Crippen LogP contribution < -0.4 is 5.32 Å². The van der Waals surface area contributed by atoms with E-state index in [9.17, 15) is 5.11 Å². The first kappa shape index (κ1) is 13.6. The fourth-order valence-electron chi connectivity index (χ4n) is 2.92. The van der Waals surface area contributed by atoms with Crippen molar-refractivity contribution in [3.63, 3.8) is 0 Å². The summed E-state index contributed by atoms with van der Waals surface area (Å²) in [5.74, 6) is 0. The number of hydrogen-bond donors (Lipinski definition) is 2. The molecule has 2 heterocycles. The van der Waals surface area contributed by atoms with Crippen molar-refractivity contribution in [3.05, 3.63) is 17.5 Å². The van der Waals surface area contributed by atoms with Crippen LogP contribution in [0.3, 0.4) is 0 Å². The molecule has 0 radical (unpaired) electrons. The monoisotopic (exact) mass is 251 g/mol. The average molecular weight is 251 g/mol. The van der Waals surface area contributed by atoms with Crippen LogP contribution >= 0.6 is 0 Å². The highest BCUT2D eigenvalue weighted by molar-refractivity contribution is 5.11. The van der Waals surface area contributed by atoms with Crippen LogP contribution in [-0.4, -0.2) is 33.1 Å². The minimum absolute atomic E-state index is 0.461. The van der Waals surface area contributed by atoms with Gasteiger partial charge in [0.25, 0.3) is 0 Å². The number of nitrogens with one attached hydrogen (secondary N) is 1. The molecule has 1 saturated heterocycles. The third-order valence-corrected chi connectivity index (χ3v) is 3.76. The number of rotatable bonds is 4. The highest BCUT2D eigenvalue weighted by Gasteiger charge is 2.27. The zero-order valence-corrected chi connectivity index (χ0v) is 11.7. The smallest absolute Gasteiger partial charge is 0.0689 e. The number of piperidine rings is 1. The van der Waals surface area contributed by atoms with E-state index in [0.29, 0.717) is 12.5 Å².